The van der Waals surface area contributed by atoms with Crippen molar-refractivity contribution in [2.45, 2.75) is 29.0 Å². The van der Waals surface area contributed by atoms with Crippen molar-refractivity contribution in [2.24, 2.45) is 0 Å². The summed E-state index contributed by atoms with van der Waals surface area (Å²) < 4.78 is 0. The average molecular weight is 369 g/mol. The molecule has 5 heteroatoms. The third-order valence-electron chi connectivity index (χ3n) is 3.93. The predicted molar refractivity (Wildman–Crippen MR) is 109 cm³/mol. The molecule has 2 aromatic carbocycles. The summed E-state index contributed by atoms with van der Waals surface area (Å²) in [5.74, 6) is -0.0147. The van der Waals surface area contributed by atoms with E-state index in [9.17, 15) is 4.79 Å². The van der Waals surface area contributed by atoms with Gasteiger partial charge in [0, 0.05) is 10.3 Å². The van der Waals surface area contributed by atoms with Crippen molar-refractivity contribution in [2.75, 3.05) is 11.6 Å². The number of hydrogen-bond acceptors (Lipinski definition) is 4. The standard InChI is InChI=1S/C20H20N2OS2/c1-13-12-19(21-16-9-5-4-8-15(13)16)25-14(2)20(23)22-17-10-6-7-11-18(17)24-3/h4-12,14H,1-3H3,(H,22,23). The molecule has 0 saturated carbocycles. The molecule has 1 unspecified atom stereocenters. The van der Waals surface area contributed by atoms with Gasteiger partial charge in [-0.3, -0.25) is 4.79 Å². The summed E-state index contributed by atoms with van der Waals surface area (Å²) in [6.45, 7) is 3.99. The van der Waals surface area contributed by atoms with Gasteiger partial charge in [-0.25, -0.2) is 4.98 Å². The summed E-state index contributed by atoms with van der Waals surface area (Å²) >= 11 is 3.11. The highest BCUT2D eigenvalue weighted by Gasteiger charge is 2.17. The van der Waals surface area contributed by atoms with Crippen LogP contribution in [0, 0.1) is 6.92 Å². The van der Waals surface area contributed by atoms with Crippen LogP contribution in [0.25, 0.3) is 10.9 Å². The fourth-order valence-corrected chi connectivity index (χ4v) is 4.07. The second-order valence-corrected chi connectivity index (χ2v) is 7.95. The predicted octanol–water partition coefficient (Wildman–Crippen LogP) is 5.38. The number of benzene rings is 2. The molecule has 0 spiro atoms. The van der Waals surface area contributed by atoms with Gasteiger partial charge in [0.05, 0.1) is 21.5 Å². The number of amides is 1. The van der Waals surface area contributed by atoms with Gasteiger partial charge in [0.15, 0.2) is 0 Å². The molecule has 1 heterocycles. The summed E-state index contributed by atoms with van der Waals surface area (Å²) in [5, 5.41) is 4.81. The van der Waals surface area contributed by atoms with E-state index >= 15 is 0 Å². The molecular formula is C20H20N2OS2. The summed E-state index contributed by atoms with van der Waals surface area (Å²) in [7, 11) is 0. The number of anilines is 1. The Balaban J connectivity index is 1.75. The van der Waals surface area contributed by atoms with Crippen LogP contribution in [0.4, 0.5) is 5.69 Å². The number of rotatable bonds is 5. The minimum Gasteiger partial charge on any atom is -0.324 e. The summed E-state index contributed by atoms with van der Waals surface area (Å²) in [5.41, 5.74) is 2.99. The maximum atomic E-state index is 12.6. The maximum Gasteiger partial charge on any atom is 0.237 e. The van der Waals surface area contributed by atoms with Gasteiger partial charge in [-0.05, 0) is 49.9 Å². The Hall–Kier alpha value is -1.98. The van der Waals surface area contributed by atoms with Crippen molar-refractivity contribution in [3.05, 3.63) is 60.2 Å². The van der Waals surface area contributed by atoms with E-state index < -0.39 is 0 Å². The van der Waals surface area contributed by atoms with Gasteiger partial charge in [-0.1, -0.05) is 42.1 Å². The average Bonchev–Trinajstić information content (AvgIpc) is 2.62. The molecule has 0 bridgehead atoms. The Bertz CT molecular complexity index is 911. The zero-order valence-corrected chi connectivity index (χ0v) is 16.1. The van der Waals surface area contributed by atoms with Gasteiger partial charge in [0.25, 0.3) is 0 Å². The van der Waals surface area contributed by atoms with Gasteiger partial charge in [0.2, 0.25) is 5.91 Å². The summed E-state index contributed by atoms with van der Waals surface area (Å²) in [4.78, 5) is 18.3. The van der Waals surface area contributed by atoms with E-state index in [0.717, 1.165) is 26.5 Å². The molecule has 0 fully saturated rings. The van der Waals surface area contributed by atoms with Crippen LogP contribution in [0.2, 0.25) is 0 Å². The third kappa shape index (κ3) is 4.17. The lowest BCUT2D eigenvalue weighted by molar-refractivity contribution is -0.115. The van der Waals surface area contributed by atoms with Gasteiger partial charge in [-0.2, -0.15) is 0 Å². The minimum atomic E-state index is -0.233. The van der Waals surface area contributed by atoms with Crippen molar-refractivity contribution in [3.8, 4) is 0 Å². The lowest BCUT2D eigenvalue weighted by Gasteiger charge is -2.14. The first-order valence-electron chi connectivity index (χ1n) is 8.05. The molecule has 128 valence electrons. The van der Waals surface area contributed by atoms with Crippen molar-refractivity contribution >= 4 is 46.0 Å². The van der Waals surface area contributed by atoms with Crippen molar-refractivity contribution in [1.29, 1.82) is 0 Å². The molecular weight excluding hydrogens is 348 g/mol. The quantitative estimate of drug-likeness (QED) is 0.614. The number of carbonyl (C=O) groups excluding carboxylic acids is 1. The molecule has 1 amide bonds. The highest BCUT2D eigenvalue weighted by atomic mass is 32.2. The van der Waals surface area contributed by atoms with Crippen LogP contribution in [0.15, 0.2) is 64.5 Å². The first-order valence-corrected chi connectivity index (χ1v) is 10.2. The number of fused-ring (bicyclic) bond motifs is 1. The fourth-order valence-electron chi connectivity index (χ4n) is 2.60. The Labute approximate surface area is 156 Å². The fraction of sp³-hybridized carbons (Fsp3) is 0.200. The highest BCUT2D eigenvalue weighted by Crippen LogP contribution is 2.29. The van der Waals surface area contributed by atoms with Crippen LogP contribution in [0.5, 0.6) is 0 Å². The molecule has 0 aliphatic rings. The lowest BCUT2D eigenvalue weighted by Crippen LogP contribution is -2.22. The van der Waals surface area contributed by atoms with Gasteiger partial charge >= 0.3 is 0 Å². The number of pyridine rings is 1. The number of hydrogen-bond donors (Lipinski definition) is 1. The van der Waals surface area contributed by atoms with E-state index in [4.69, 9.17) is 0 Å². The number of nitrogens with one attached hydrogen (secondary N) is 1. The Morgan fingerprint density at radius 1 is 1.12 bits per heavy atom. The van der Waals surface area contributed by atoms with Gasteiger partial charge in [0.1, 0.15) is 0 Å². The van der Waals surface area contributed by atoms with Crippen molar-refractivity contribution < 1.29 is 4.79 Å². The van der Waals surface area contributed by atoms with Crippen LogP contribution >= 0.6 is 23.5 Å². The number of aryl methyl sites for hydroxylation is 1. The first-order chi connectivity index (χ1) is 12.1. The molecule has 1 atom stereocenters. The molecule has 0 aliphatic carbocycles. The van der Waals surface area contributed by atoms with Gasteiger partial charge < -0.3 is 5.32 Å². The molecule has 1 aromatic heterocycles. The molecule has 3 nitrogen and oxygen atoms in total. The number of thioether (sulfide) groups is 2. The second kappa shape index (κ2) is 7.93. The van der Waals surface area contributed by atoms with Crippen molar-refractivity contribution in [1.82, 2.24) is 4.98 Å². The number of carbonyl (C=O) groups is 1. The van der Waals surface area contributed by atoms with Crippen LogP contribution in [0.1, 0.15) is 12.5 Å². The van der Waals surface area contributed by atoms with E-state index in [1.165, 1.54) is 17.3 Å². The minimum absolute atomic E-state index is 0.0147. The van der Waals surface area contributed by atoms with Crippen LogP contribution in [-0.2, 0) is 4.79 Å². The molecule has 0 radical (unpaired) electrons. The zero-order chi connectivity index (χ0) is 17.8. The number of aromatic nitrogens is 1. The number of nitrogens with zero attached hydrogens (tertiary/aromatic N) is 1. The normalized spacial score (nSPS) is 12.1. The smallest absolute Gasteiger partial charge is 0.237 e. The van der Waals surface area contributed by atoms with Crippen LogP contribution in [-0.4, -0.2) is 22.4 Å². The van der Waals surface area contributed by atoms with E-state index in [1.807, 2.05) is 61.7 Å². The van der Waals surface area contributed by atoms with E-state index in [2.05, 4.69) is 23.3 Å². The summed E-state index contributed by atoms with van der Waals surface area (Å²) in [6.07, 6.45) is 2.00. The molecule has 25 heavy (non-hydrogen) atoms. The zero-order valence-electron chi connectivity index (χ0n) is 14.4. The van der Waals surface area contributed by atoms with E-state index in [-0.39, 0.29) is 11.2 Å². The Kier molecular flexibility index (Phi) is 5.66. The van der Waals surface area contributed by atoms with Crippen molar-refractivity contribution in [3.63, 3.8) is 0 Å². The topological polar surface area (TPSA) is 42.0 Å². The number of para-hydroxylation sites is 2. The van der Waals surface area contributed by atoms with Crippen LogP contribution < -0.4 is 5.32 Å². The molecule has 3 aromatic rings. The summed E-state index contributed by atoms with van der Waals surface area (Å²) in [6, 6.07) is 18.0. The highest BCUT2D eigenvalue weighted by molar-refractivity contribution is 8.00. The molecule has 0 aliphatic heterocycles. The maximum absolute atomic E-state index is 12.6. The Morgan fingerprint density at radius 3 is 2.64 bits per heavy atom. The largest absolute Gasteiger partial charge is 0.324 e. The third-order valence-corrected chi connectivity index (χ3v) is 5.75. The molecule has 3 rings (SSSR count). The SMILES string of the molecule is CSc1ccccc1NC(=O)C(C)Sc1cc(C)c2ccccc2n1. The lowest BCUT2D eigenvalue weighted by atomic mass is 10.1. The van der Waals surface area contributed by atoms with Gasteiger partial charge in [-0.15, -0.1) is 11.8 Å². The van der Waals surface area contributed by atoms with Crippen LogP contribution in [0.3, 0.4) is 0 Å². The van der Waals surface area contributed by atoms with E-state index in [0.29, 0.717) is 0 Å². The second-order valence-electron chi connectivity index (χ2n) is 5.74. The first kappa shape index (κ1) is 17.8. The Morgan fingerprint density at radius 2 is 1.84 bits per heavy atom. The van der Waals surface area contributed by atoms with E-state index in [1.54, 1.807) is 11.8 Å². The monoisotopic (exact) mass is 368 g/mol. The molecule has 0 saturated heterocycles. The molecule has 1 N–H and O–H groups in total.